The fraction of sp³-hybridized carbons (Fsp3) is 0.250. The highest BCUT2D eigenvalue weighted by Gasteiger charge is 2.10. The molecular weight excluding hydrogens is 252 g/mol. The smallest absolute Gasteiger partial charge is 0.275 e. The van der Waals surface area contributed by atoms with Crippen LogP contribution in [0.1, 0.15) is 30.4 Å². The first-order valence-electron chi connectivity index (χ1n) is 5.55. The van der Waals surface area contributed by atoms with Crippen LogP contribution in [0.4, 0.5) is 5.82 Å². The summed E-state index contributed by atoms with van der Waals surface area (Å²) in [7, 11) is 0. The minimum Gasteiger partial charge on any atom is -0.304 e. The van der Waals surface area contributed by atoms with E-state index in [0.29, 0.717) is 5.82 Å². The molecule has 5 nitrogen and oxygen atoms in total. The Kier molecular flexibility index (Phi) is 3.62. The van der Waals surface area contributed by atoms with Gasteiger partial charge in [0.1, 0.15) is 10.8 Å². The minimum absolute atomic E-state index is 0.250. The van der Waals surface area contributed by atoms with Crippen molar-refractivity contribution in [3.63, 3.8) is 0 Å². The Hall–Kier alpha value is -1.88. The molecule has 1 amide bonds. The third-order valence-corrected chi connectivity index (χ3v) is 2.54. The van der Waals surface area contributed by atoms with Crippen LogP contribution in [0.15, 0.2) is 30.5 Å². The van der Waals surface area contributed by atoms with Crippen LogP contribution >= 0.6 is 11.6 Å². The van der Waals surface area contributed by atoms with E-state index in [1.54, 1.807) is 28.9 Å². The number of carbonyl (C=O) groups excluding carboxylic acids is 1. The van der Waals surface area contributed by atoms with Gasteiger partial charge in [-0.25, -0.2) is 4.98 Å². The number of halogens is 1. The summed E-state index contributed by atoms with van der Waals surface area (Å²) in [6.07, 6.45) is 1.81. The Labute approximate surface area is 110 Å². The molecule has 0 atom stereocenters. The normalized spacial score (nSPS) is 10.7. The maximum atomic E-state index is 11.9. The van der Waals surface area contributed by atoms with E-state index in [9.17, 15) is 4.79 Å². The molecule has 94 valence electrons. The predicted molar refractivity (Wildman–Crippen MR) is 69.8 cm³/mol. The van der Waals surface area contributed by atoms with E-state index < -0.39 is 0 Å². The fourth-order valence-electron chi connectivity index (χ4n) is 1.41. The van der Waals surface area contributed by atoms with Crippen molar-refractivity contribution >= 4 is 23.3 Å². The third-order valence-electron chi connectivity index (χ3n) is 2.33. The average molecular weight is 265 g/mol. The third kappa shape index (κ3) is 2.87. The highest BCUT2D eigenvalue weighted by Crippen LogP contribution is 2.10. The number of hydrogen-bond donors (Lipinski definition) is 1. The van der Waals surface area contributed by atoms with Gasteiger partial charge in [0.2, 0.25) is 0 Å². The molecule has 2 aromatic heterocycles. The Balaban J connectivity index is 2.11. The van der Waals surface area contributed by atoms with Crippen LogP contribution in [0.25, 0.3) is 0 Å². The summed E-state index contributed by atoms with van der Waals surface area (Å²) in [6.45, 7) is 4.02. The molecule has 0 spiro atoms. The molecule has 0 aliphatic carbocycles. The molecule has 0 aromatic carbocycles. The summed E-state index contributed by atoms with van der Waals surface area (Å²) in [5.41, 5.74) is 0.265. The molecule has 2 aromatic rings. The van der Waals surface area contributed by atoms with E-state index in [1.807, 2.05) is 20.0 Å². The standard InChI is InChI=1S/C12H13ClN4O/c1-8(2)17-7-6-11(16-17)15-12(18)9-4-3-5-10(13)14-9/h3-8H,1-2H3,(H,15,16,18). The molecule has 6 heteroatoms. The van der Waals surface area contributed by atoms with Crippen molar-refractivity contribution in [3.05, 3.63) is 41.3 Å². The monoisotopic (exact) mass is 264 g/mol. The molecule has 2 heterocycles. The van der Waals surface area contributed by atoms with E-state index in [0.717, 1.165) is 0 Å². The molecule has 0 aliphatic heterocycles. The van der Waals surface area contributed by atoms with E-state index in [-0.39, 0.29) is 22.8 Å². The first-order valence-corrected chi connectivity index (χ1v) is 5.93. The molecule has 0 aliphatic rings. The zero-order valence-corrected chi connectivity index (χ0v) is 10.8. The maximum absolute atomic E-state index is 11.9. The van der Waals surface area contributed by atoms with Gasteiger partial charge in [-0.05, 0) is 26.0 Å². The predicted octanol–water partition coefficient (Wildman–Crippen LogP) is 2.76. The molecule has 0 saturated heterocycles. The maximum Gasteiger partial charge on any atom is 0.275 e. The zero-order chi connectivity index (χ0) is 13.1. The second-order valence-electron chi connectivity index (χ2n) is 4.07. The Morgan fingerprint density at radius 3 is 2.78 bits per heavy atom. The SMILES string of the molecule is CC(C)n1ccc(NC(=O)c2cccc(Cl)n2)n1. The van der Waals surface area contributed by atoms with Gasteiger partial charge in [0, 0.05) is 18.3 Å². The van der Waals surface area contributed by atoms with Gasteiger partial charge in [-0.1, -0.05) is 17.7 Å². The lowest BCUT2D eigenvalue weighted by atomic mass is 10.3. The fourth-order valence-corrected chi connectivity index (χ4v) is 1.57. The van der Waals surface area contributed by atoms with Crippen molar-refractivity contribution in [1.29, 1.82) is 0 Å². The Bertz CT molecular complexity index is 565. The summed E-state index contributed by atoms with van der Waals surface area (Å²) >= 11 is 5.73. The number of anilines is 1. The lowest BCUT2D eigenvalue weighted by Gasteiger charge is -2.04. The highest BCUT2D eigenvalue weighted by molar-refractivity contribution is 6.29. The van der Waals surface area contributed by atoms with Crippen LogP contribution in [0.2, 0.25) is 5.15 Å². The Morgan fingerprint density at radius 2 is 2.17 bits per heavy atom. The van der Waals surface area contributed by atoms with Crippen molar-refractivity contribution in [3.8, 4) is 0 Å². The molecule has 0 radical (unpaired) electrons. The summed E-state index contributed by atoms with van der Waals surface area (Å²) < 4.78 is 1.76. The lowest BCUT2D eigenvalue weighted by molar-refractivity contribution is 0.102. The molecule has 0 saturated carbocycles. The molecule has 0 fully saturated rings. The van der Waals surface area contributed by atoms with Gasteiger partial charge in [0.15, 0.2) is 5.82 Å². The van der Waals surface area contributed by atoms with Gasteiger partial charge < -0.3 is 5.32 Å². The van der Waals surface area contributed by atoms with Gasteiger partial charge >= 0.3 is 0 Å². The lowest BCUT2D eigenvalue weighted by Crippen LogP contribution is -2.14. The molecule has 18 heavy (non-hydrogen) atoms. The van der Waals surface area contributed by atoms with Crippen molar-refractivity contribution in [2.24, 2.45) is 0 Å². The van der Waals surface area contributed by atoms with Crippen LogP contribution in [0.5, 0.6) is 0 Å². The van der Waals surface area contributed by atoms with E-state index in [2.05, 4.69) is 15.4 Å². The second-order valence-corrected chi connectivity index (χ2v) is 4.46. The number of pyridine rings is 1. The number of rotatable bonds is 3. The van der Waals surface area contributed by atoms with Gasteiger partial charge in [-0.3, -0.25) is 9.48 Å². The summed E-state index contributed by atoms with van der Waals surface area (Å²) in [5, 5.41) is 7.18. The van der Waals surface area contributed by atoms with Gasteiger partial charge in [0.05, 0.1) is 0 Å². The quantitative estimate of drug-likeness (QED) is 0.867. The van der Waals surface area contributed by atoms with Crippen LogP contribution in [0.3, 0.4) is 0 Å². The van der Waals surface area contributed by atoms with Crippen molar-refractivity contribution < 1.29 is 4.79 Å². The molecule has 1 N–H and O–H groups in total. The molecule has 0 unspecified atom stereocenters. The number of nitrogens with zero attached hydrogens (tertiary/aromatic N) is 3. The number of amides is 1. The first kappa shape index (κ1) is 12.6. The van der Waals surface area contributed by atoms with E-state index >= 15 is 0 Å². The highest BCUT2D eigenvalue weighted by atomic mass is 35.5. The first-order chi connectivity index (χ1) is 8.56. The van der Waals surface area contributed by atoms with Crippen LogP contribution in [-0.2, 0) is 0 Å². The molecular formula is C12H13ClN4O. The number of nitrogens with one attached hydrogen (secondary N) is 1. The molecule has 0 bridgehead atoms. The summed E-state index contributed by atoms with van der Waals surface area (Å²) in [6, 6.07) is 6.88. The van der Waals surface area contributed by atoms with Crippen LogP contribution < -0.4 is 5.32 Å². The van der Waals surface area contributed by atoms with Gasteiger partial charge in [0.25, 0.3) is 5.91 Å². The largest absolute Gasteiger partial charge is 0.304 e. The minimum atomic E-state index is -0.327. The van der Waals surface area contributed by atoms with Gasteiger partial charge in [-0.2, -0.15) is 5.10 Å². The van der Waals surface area contributed by atoms with Crippen molar-refractivity contribution in [1.82, 2.24) is 14.8 Å². The number of aromatic nitrogens is 3. The van der Waals surface area contributed by atoms with Crippen molar-refractivity contribution in [2.75, 3.05) is 5.32 Å². The topological polar surface area (TPSA) is 59.8 Å². The van der Waals surface area contributed by atoms with E-state index in [4.69, 9.17) is 11.6 Å². The molecule has 2 rings (SSSR count). The summed E-state index contributed by atoms with van der Waals surface area (Å²) in [4.78, 5) is 15.8. The number of hydrogen-bond acceptors (Lipinski definition) is 3. The number of carbonyl (C=O) groups is 1. The second kappa shape index (κ2) is 5.18. The average Bonchev–Trinajstić information content (AvgIpc) is 2.77. The van der Waals surface area contributed by atoms with Crippen LogP contribution in [0, 0.1) is 0 Å². The van der Waals surface area contributed by atoms with Gasteiger partial charge in [-0.15, -0.1) is 0 Å². The zero-order valence-electron chi connectivity index (χ0n) is 10.1. The van der Waals surface area contributed by atoms with Crippen LogP contribution in [-0.4, -0.2) is 20.7 Å². The summed E-state index contributed by atoms with van der Waals surface area (Å²) in [5.74, 6) is 0.169. The van der Waals surface area contributed by atoms with Crippen molar-refractivity contribution in [2.45, 2.75) is 19.9 Å². The van der Waals surface area contributed by atoms with E-state index in [1.165, 1.54) is 0 Å². The Morgan fingerprint density at radius 1 is 1.39 bits per heavy atom.